The molecule has 8 heteroatoms. The van der Waals surface area contributed by atoms with Crippen LogP contribution in [0.15, 0.2) is 30.5 Å². The summed E-state index contributed by atoms with van der Waals surface area (Å²) in [5, 5.41) is 13.2. The lowest BCUT2D eigenvalue weighted by Gasteiger charge is -2.04. The van der Waals surface area contributed by atoms with E-state index in [1.54, 1.807) is 22.9 Å². The largest absolute Gasteiger partial charge is 0.351 e. The number of carbonyl (C=O) groups excluding carboxylic acids is 2. The number of nitro benzene ring substituents is 1. The molecule has 0 bridgehead atoms. The van der Waals surface area contributed by atoms with Crippen LogP contribution in [0.5, 0.6) is 0 Å². The quantitative estimate of drug-likeness (QED) is 0.626. The van der Waals surface area contributed by atoms with Gasteiger partial charge in [0.2, 0.25) is 5.91 Å². The van der Waals surface area contributed by atoms with E-state index >= 15 is 0 Å². The number of nitro groups is 1. The Morgan fingerprint density at radius 1 is 1.37 bits per heavy atom. The highest BCUT2D eigenvalue weighted by Gasteiger charge is 2.11. The van der Waals surface area contributed by atoms with Crippen LogP contribution in [0.2, 0.25) is 0 Å². The molecular weight excluding hydrogens is 252 g/mol. The molecule has 8 nitrogen and oxygen atoms in total. The molecule has 0 aliphatic heterocycles. The third-order valence-corrected chi connectivity index (χ3v) is 2.54. The molecule has 0 saturated heterocycles. The lowest BCUT2D eigenvalue weighted by molar-refractivity contribution is -0.384. The van der Waals surface area contributed by atoms with Gasteiger partial charge in [0.05, 0.1) is 4.92 Å². The molecule has 3 N–H and O–H groups in total. The van der Waals surface area contributed by atoms with Gasteiger partial charge in [-0.15, -0.1) is 0 Å². The van der Waals surface area contributed by atoms with Crippen molar-refractivity contribution in [2.45, 2.75) is 6.54 Å². The molecule has 1 aromatic heterocycles. The number of urea groups is 1. The summed E-state index contributed by atoms with van der Waals surface area (Å²) >= 11 is 0. The molecule has 3 amide bonds. The zero-order valence-electron chi connectivity index (χ0n) is 9.70. The Hall–Kier alpha value is -2.90. The molecule has 19 heavy (non-hydrogen) atoms. The molecular formula is C11H10N4O4. The molecule has 98 valence electrons. The topological polar surface area (TPSA) is 120 Å². The smallest absolute Gasteiger partial charge is 0.318 e. The number of nitrogens with two attached hydrogens (primary N) is 1. The number of fused-ring (bicyclic) bond motifs is 1. The summed E-state index contributed by atoms with van der Waals surface area (Å²) in [6.07, 6.45) is 1.61. The fraction of sp³-hybridized carbons (Fsp3) is 0.0909. The van der Waals surface area contributed by atoms with E-state index in [4.69, 9.17) is 5.73 Å². The predicted octanol–water partition coefficient (Wildman–Crippen LogP) is 0.744. The van der Waals surface area contributed by atoms with Crippen molar-refractivity contribution in [1.29, 1.82) is 0 Å². The number of nitrogens with one attached hydrogen (secondary N) is 1. The number of primary amides is 1. The first-order valence-electron chi connectivity index (χ1n) is 5.30. The van der Waals surface area contributed by atoms with E-state index in [1.807, 2.05) is 5.32 Å². The highest BCUT2D eigenvalue weighted by molar-refractivity contribution is 5.94. The molecule has 2 aromatic rings. The minimum Gasteiger partial charge on any atom is -0.351 e. The lowest BCUT2D eigenvalue weighted by Crippen LogP contribution is -2.37. The van der Waals surface area contributed by atoms with Gasteiger partial charge in [0.25, 0.3) is 5.69 Å². The number of amides is 3. The second-order valence-corrected chi connectivity index (χ2v) is 3.86. The Morgan fingerprint density at radius 2 is 2.11 bits per heavy atom. The molecule has 0 fully saturated rings. The molecule has 0 saturated carbocycles. The van der Waals surface area contributed by atoms with E-state index in [0.717, 1.165) is 0 Å². The SMILES string of the molecule is NC(=O)NC(=O)Cn1ccc2cc([N+](=O)[O-])ccc21. The molecule has 1 aromatic carbocycles. The molecule has 0 aliphatic rings. The first-order valence-corrected chi connectivity index (χ1v) is 5.30. The third-order valence-electron chi connectivity index (χ3n) is 2.54. The van der Waals surface area contributed by atoms with Crippen LogP contribution in [-0.2, 0) is 11.3 Å². The Morgan fingerprint density at radius 3 is 2.74 bits per heavy atom. The zero-order chi connectivity index (χ0) is 14.0. The molecule has 0 aliphatic carbocycles. The van der Waals surface area contributed by atoms with Crippen LogP contribution in [0.4, 0.5) is 10.5 Å². The Bertz CT molecular complexity index is 676. The standard InChI is InChI=1S/C11H10N4O4/c12-11(17)13-10(16)6-14-4-3-7-5-8(15(18)19)1-2-9(7)14/h1-5H,6H2,(H3,12,13,16,17). The van der Waals surface area contributed by atoms with Crippen LogP contribution in [0.1, 0.15) is 0 Å². The molecule has 0 spiro atoms. The highest BCUT2D eigenvalue weighted by Crippen LogP contribution is 2.21. The van der Waals surface area contributed by atoms with E-state index in [9.17, 15) is 19.7 Å². The van der Waals surface area contributed by atoms with Crippen molar-refractivity contribution in [1.82, 2.24) is 9.88 Å². The predicted molar refractivity (Wildman–Crippen MR) is 66.3 cm³/mol. The number of hydrogen-bond donors (Lipinski definition) is 2. The van der Waals surface area contributed by atoms with Crippen LogP contribution < -0.4 is 11.1 Å². The van der Waals surface area contributed by atoms with E-state index in [1.165, 1.54) is 12.1 Å². The van der Waals surface area contributed by atoms with Crippen LogP contribution >= 0.6 is 0 Å². The van der Waals surface area contributed by atoms with E-state index in [-0.39, 0.29) is 12.2 Å². The van der Waals surface area contributed by atoms with Crippen LogP contribution in [0.25, 0.3) is 10.9 Å². The van der Waals surface area contributed by atoms with Gasteiger partial charge in [-0.2, -0.15) is 0 Å². The second-order valence-electron chi connectivity index (χ2n) is 3.86. The van der Waals surface area contributed by atoms with Crippen molar-refractivity contribution in [3.63, 3.8) is 0 Å². The normalized spacial score (nSPS) is 10.3. The van der Waals surface area contributed by atoms with Crippen molar-refractivity contribution < 1.29 is 14.5 Å². The number of rotatable bonds is 3. The monoisotopic (exact) mass is 262 g/mol. The number of aromatic nitrogens is 1. The third kappa shape index (κ3) is 2.68. The lowest BCUT2D eigenvalue weighted by atomic mass is 10.2. The second kappa shape index (κ2) is 4.77. The summed E-state index contributed by atoms with van der Waals surface area (Å²) in [7, 11) is 0. The first kappa shape index (κ1) is 12.6. The van der Waals surface area contributed by atoms with Crippen molar-refractivity contribution in [3.05, 3.63) is 40.6 Å². The fourth-order valence-electron chi connectivity index (χ4n) is 1.77. The van der Waals surface area contributed by atoms with Gasteiger partial charge < -0.3 is 10.3 Å². The van der Waals surface area contributed by atoms with Crippen LogP contribution in [-0.4, -0.2) is 21.4 Å². The summed E-state index contributed by atoms with van der Waals surface area (Å²) in [5.74, 6) is -0.552. The van der Waals surface area contributed by atoms with Crippen molar-refractivity contribution in [2.75, 3.05) is 0 Å². The summed E-state index contributed by atoms with van der Waals surface area (Å²) in [6.45, 7) is -0.0930. The summed E-state index contributed by atoms with van der Waals surface area (Å²) in [5.41, 5.74) is 5.47. The van der Waals surface area contributed by atoms with Gasteiger partial charge in [0.1, 0.15) is 6.54 Å². The van der Waals surface area contributed by atoms with E-state index in [0.29, 0.717) is 10.9 Å². The van der Waals surface area contributed by atoms with Crippen LogP contribution in [0.3, 0.4) is 0 Å². The maximum Gasteiger partial charge on any atom is 0.318 e. The van der Waals surface area contributed by atoms with Gasteiger partial charge in [-0.05, 0) is 12.1 Å². The summed E-state index contributed by atoms with van der Waals surface area (Å²) in [6, 6.07) is 5.05. The highest BCUT2D eigenvalue weighted by atomic mass is 16.6. The van der Waals surface area contributed by atoms with E-state index < -0.39 is 16.9 Å². The molecule has 0 radical (unpaired) electrons. The number of imide groups is 1. The van der Waals surface area contributed by atoms with Crippen molar-refractivity contribution in [3.8, 4) is 0 Å². The average Bonchev–Trinajstić information content (AvgIpc) is 2.70. The van der Waals surface area contributed by atoms with Gasteiger partial charge in [0.15, 0.2) is 0 Å². The molecule has 0 atom stereocenters. The number of carbonyl (C=O) groups is 2. The average molecular weight is 262 g/mol. The minimum absolute atomic E-state index is 0.0214. The fourth-order valence-corrected chi connectivity index (χ4v) is 1.77. The molecule has 0 unspecified atom stereocenters. The van der Waals surface area contributed by atoms with Gasteiger partial charge in [-0.1, -0.05) is 0 Å². The summed E-state index contributed by atoms with van der Waals surface area (Å²) in [4.78, 5) is 32.1. The minimum atomic E-state index is -0.919. The van der Waals surface area contributed by atoms with Gasteiger partial charge >= 0.3 is 6.03 Å². The Labute approximate surface area is 106 Å². The number of benzene rings is 1. The number of hydrogen-bond acceptors (Lipinski definition) is 4. The van der Waals surface area contributed by atoms with Crippen molar-refractivity contribution in [2.24, 2.45) is 5.73 Å². The van der Waals surface area contributed by atoms with Crippen LogP contribution in [0, 0.1) is 10.1 Å². The maximum atomic E-state index is 11.4. The summed E-state index contributed by atoms with van der Waals surface area (Å²) < 4.78 is 1.57. The maximum absolute atomic E-state index is 11.4. The van der Waals surface area contributed by atoms with Gasteiger partial charge in [-0.25, -0.2) is 4.79 Å². The number of nitrogens with zero attached hydrogens (tertiary/aromatic N) is 2. The number of non-ortho nitro benzene ring substituents is 1. The first-order chi connectivity index (χ1) is 8.97. The molecule has 1 heterocycles. The Kier molecular flexibility index (Phi) is 3.15. The van der Waals surface area contributed by atoms with E-state index in [2.05, 4.69) is 0 Å². The van der Waals surface area contributed by atoms with Crippen molar-refractivity contribution >= 4 is 28.5 Å². The molecule has 2 rings (SSSR count). The Balaban J connectivity index is 2.28. The van der Waals surface area contributed by atoms with Gasteiger partial charge in [-0.3, -0.25) is 20.2 Å². The van der Waals surface area contributed by atoms with Gasteiger partial charge in [0, 0.05) is 29.2 Å². The zero-order valence-corrected chi connectivity index (χ0v) is 9.70.